The molecule has 100 valence electrons. The maximum atomic E-state index is 13.0. The first-order valence-electron chi connectivity index (χ1n) is 4.80. The fraction of sp³-hybridized carbons (Fsp3) is 0. The number of phenols is 1. The lowest BCUT2D eigenvalue weighted by Crippen LogP contribution is -2.04. The number of carbonyl (C=O) groups is 1. The molecule has 2 rings (SSSR count). The molecule has 0 amide bonds. The van der Waals surface area contributed by atoms with Crippen molar-refractivity contribution in [3.8, 4) is 11.4 Å². The zero-order valence-corrected chi connectivity index (χ0v) is 13.3. The third-order valence-corrected chi connectivity index (χ3v) is 4.23. The molecule has 0 saturated carbocycles. The highest BCUT2D eigenvalue weighted by Gasteiger charge is 2.21. The van der Waals surface area contributed by atoms with Crippen molar-refractivity contribution >= 4 is 51.2 Å². The number of aromatic nitrogens is 1. The third-order valence-electron chi connectivity index (χ3n) is 2.39. The Bertz CT molecular complexity index is 666. The van der Waals surface area contributed by atoms with Crippen molar-refractivity contribution < 1.29 is 23.8 Å². The van der Waals surface area contributed by atoms with Gasteiger partial charge in [-0.15, -0.1) is 0 Å². The van der Waals surface area contributed by atoms with Gasteiger partial charge in [-0.2, -0.15) is 0 Å². The molecule has 0 unspecified atom stereocenters. The monoisotopic (exact) mass is 491 g/mol. The van der Waals surface area contributed by atoms with Gasteiger partial charge in [0.05, 0.1) is 9.26 Å². The molecule has 0 aliphatic rings. The van der Waals surface area contributed by atoms with Gasteiger partial charge in [-0.05, 0) is 51.2 Å². The first-order chi connectivity index (χ1) is 8.82. The van der Waals surface area contributed by atoms with E-state index in [1.807, 2.05) is 22.6 Å². The largest absolute Gasteiger partial charge is 0.506 e. The minimum Gasteiger partial charge on any atom is -0.506 e. The molecule has 1 aromatic heterocycles. The van der Waals surface area contributed by atoms with Gasteiger partial charge >= 0.3 is 5.97 Å². The minimum atomic E-state index is -1.27. The Labute approximate surface area is 133 Å². The lowest BCUT2D eigenvalue weighted by molar-refractivity contribution is 0.0693. The van der Waals surface area contributed by atoms with Gasteiger partial charge in [0.25, 0.3) is 0 Å². The third kappa shape index (κ3) is 2.55. The van der Waals surface area contributed by atoms with Crippen LogP contribution in [0.25, 0.3) is 5.69 Å². The molecule has 4 nitrogen and oxygen atoms in total. The first-order valence-corrected chi connectivity index (χ1v) is 6.96. The summed E-state index contributed by atoms with van der Waals surface area (Å²) in [6.45, 7) is 0. The van der Waals surface area contributed by atoms with Gasteiger partial charge in [0.2, 0.25) is 0 Å². The predicted molar refractivity (Wildman–Crippen MR) is 79.7 cm³/mol. The van der Waals surface area contributed by atoms with E-state index >= 15 is 0 Å². The summed E-state index contributed by atoms with van der Waals surface area (Å²) < 4.78 is 27.9. The Hall–Kier alpha value is -0.910. The van der Waals surface area contributed by atoms with Crippen molar-refractivity contribution in [1.82, 2.24) is 4.57 Å². The molecule has 1 aromatic carbocycles. The van der Waals surface area contributed by atoms with E-state index in [1.54, 1.807) is 22.6 Å². The van der Waals surface area contributed by atoms with Crippen LogP contribution >= 0.6 is 45.2 Å². The number of aromatic carboxylic acids is 1. The molecule has 0 aliphatic carbocycles. The van der Waals surface area contributed by atoms with Crippen LogP contribution in [0.3, 0.4) is 0 Å². The van der Waals surface area contributed by atoms with Crippen LogP contribution in [0.4, 0.5) is 8.78 Å². The normalized spacial score (nSPS) is 10.7. The second-order valence-corrected chi connectivity index (χ2v) is 5.82. The Morgan fingerprint density at radius 3 is 2.21 bits per heavy atom. The Kier molecular flexibility index (Phi) is 3.99. The van der Waals surface area contributed by atoms with Crippen LogP contribution in [0.5, 0.6) is 5.75 Å². The number of carboxylic acids is 1. The van der Waals surface area contributed by atoms with E-state index in [4.69, 9.17) is 5.11 Å². The fourth-order valence-electron chi connectivity index (χ4n) is 1.53. The van der Waals surface area contributed by atoms with Crippen LogP contribution in [0.2, 0.25) is 0 Å². The highest BCUT2D eigenvalue weighted by Crippen LogP contribution is 2.34. The Morgan fingerprint density at radius 1 is 1.21 bits per heavy atom. The van der Waals surface area contributed by atoms with Crippen molar-refractivity contribution in [2.75, 3.05) is 0 Å². The van der Waals surface area contributed by atoms with E-state index in [1.165, 1.54) is 10.6 Å². The quantitative estimate of drug-likeness (QED) is 0.635. The van der Waals surface area contributed by atoms with Crippen molar-refractivity contribution in [2.24, 2.45) is 0 Å². The average Bonchev–Trinajstić information content (AvgIpc) is 2.64. The number of halogens is 4. The molecule has 8 heteroatoms. The van der Waals surface area contributed by atoms with E-state index < -0.39 is 23.4 Å². The van der Waals surface area contributed by atoms with Gasteiger partial charge in [-0.1, -0.05) is 0 Å². The molecular weight excluding hydrogens is 486 g/mol. The van der Waals surface area contributed by atoms with Crippen molar-refractivity contribution in [2.45, 2.75) is 0 Å². The van der Waals surface area contributed by atoms with E-state index in [9.17, 15) is 18.7 Å². The topological polar surface area (TPSA) is 62.5 Å². The smallest absolute Gasteiger partial charge is 0.339 e. The lowest BCUT2D eigenvalue weighted by Gasteiger charge is -2.12. The number of carboxylic acid groups (broad SMARTS) is 1. The van der Waals surface area contributed by atoms with Crippen LogP contribution in [0.15, 0.2) is 18.5 Å². The summed E-state index contributed by atoms with van der Waals surface area (Å²) in [5.41, 5.74) is 0.0668. The molecule has 0 radical (unpaired) electrons. The van der Waals surface area contributed by atoms with Crippen LogP contribution < -0.4 is 0 Å². The number of aromatic hydroxyl groups is 1. The van der Waals surface area contributed by atoms with Crippen LogP contribution in [-0.4, -0.2) is 20.7 Å². The van der Waals surface area contributed by atoms with Crippen molar-refractivity contribution in [3.05, 3.63) is 42.8 Å². The molecule has 0 bridgehead atoms. The molecule has 0 saturated heterocycles. The zero-order chi connectivity index (χ0) is 14.3. The molecule has 1 heterocycles. The maximum absolute atomic E-state index is 13.0. The van der Waals surface area contributed by atoms with Gasteiger partial charge in [-0.3, -0.25) is 0 Å². The molecular formula is C11H5F2I2NO3. The van der Waals surface area contributed by atoms with Gasteiger partial charge in [0.1, 0.15) is 11.3 Å². The van der Waals surface area contributed by atoms with Crippen LogP contribution in [0.1, 0.15) is 10.4 Å². The summed E-state index contributed by atoms with van der Waals surface area (Å²) in [7, 11) is 0. The number of benzene rings is 1. The Balaban J connectivity index is 2.72. The highest BCUT2D eigenvalue weighted by atomic mass is 127. The van der Waals surface area contributed by atoms with E-state index in [-0.39, 0.29) is 9.13 Å². The average molecular weight is 491 g/mol. The zero-order valence-electron chi connectivity index (χ0n) is 8.99. The molecule has 19 heavy (non-hydrogen) atoms. The summed E-state index contributed by atoms with van der Waals surface area (Å²) in [5.74, 6) is -3.75. The summed E-state index contributed by atoms with van der Waals surface area (Å²) in [5, 5.41) is 18.7. The summed E-state index contributed by atoms with van der Waals surface area (Å²) in [6, 6.07) is 1.24. The number of nitrogens with zero attached hydrogens (tertiary/aromatic N) is 1. The molecule has 0 atom stereocenters. The van der Waals surface area contributed by atoms with Crippen molar-refractivity contribution in [1.29, 1.82) is 0 Å². The minimum absolute atomic E-state index is 0.205. The summed E-state index contributed by atoms with van der Waals surface area (Å²) in [4.78, 5) is 10.9. The van der Waals surface area contributed by atoms with Gasteiger partial charge in [-0.25, -0.2) is 13.6 Å². The summed E-state index contributed by atoms with van der Waals surface area (Å²) in [6.07, 6.45) is 1.85. The van der Waals surface area contributed by atoms with E-state index in [0.717, 1.165) is 12.4 Å². The molecule has 0 aliphatic heterocycles. The van der Waals surface area contributed by atoms with Crippen LogP contribution in [0, 0.1) is 18.8 Å². The SMILES string of the molecule is O=C(O)c1cc(I)c(-n2cc(F)c(F)c2)c(I)c1O. The lowest BCUT2D eigenvalue weighted by atomic mass is 10.2. The number of hydrogen-bond acceptors (Lipinski definition) is 2. The second-order valence-electron chi connectivity index (χ2n) is 3.58. The number of hydrogen-bond donors (Lipinski definition) is 2. The van der Waals surface area contributed by atoms with Gasteiger partial charge < -0.3 is 14.8 Å². The first kappa shape index (κ1) is 14.5. The van der Waals surface area contributed by atoms with Crippen molar-refractivity contribution in [3.63, 3.8) is 0 Å². The predicted octanol–water partition coefficient (Wildman–Crippen LogP) is 3.37. The molecule has 2 N–H and O–H groups in total. The summed E-state index contributed by atoms with van der Waals surface area (Å²) >= 11 is 3.57. The Morgan fingerprint density at radius 2 is 1.74 bits per heavy atom. The highest BCUT2D eigenvalue weighted by molar-refractivity contribution is 14.1. The van der Waals surface area contributed by atoms with E-state index in [2.05, 4.69) is 0 Å². The fourth-order valence-corrected chi connectivity index (χ4v) is 3.77. The maximum Gasteiger partial charge on any atom is 0.339 e. The van der Waals surface area contributed by atoms with E-state index in [0.29, 0.717) is 9.26 Å². The molecule has 0 fully saturated rings. The van der Waals surface area contributed by atoms with Gasteiger partial charge in [0, 0.05) is 16.0 Å². The molecule has 0 spiro atoms. The molecule has 2 aromatic rings. The number of rotatable bonds is 2. The van der Waals surface area contributed by atoms with Crippen LogP contribution in [-0.2, 0) is 0 Å². The van der Waals surface area contributed by atoms with Gasteiger partial charge in [0.15, 0.2) is 11.6 Å². The second kappa shape index (κ2) is 5.23. The standard InChI is InChI=1S/C11H5F2I2NO3/c12-5-2-16(3-6(5)13)9-7(14)1-4(11(18)19)10(17)8(9)15/h1-3,17H,(H,18,19).